The zero-order chi connectivity index (χ0) is 14.6. The van der Waals surface area contributed by atoms with Crippen molar-refractivity contribution < 1.29 is 14.2 Å². The highest BCUT2D eigenvalue weighted by molar-refractivity contribution is 5.44. The molecule has 1 unspecified atom stereocenters. The van der Waals surface area contributed by atoms with Gasteiger partial charge in [0.25, 0.3) is 0 Å². The Bertz CT molecular complexity index is 445. The normalized spacial score (nSPS) is 20.1. The van der Waals surface area contributed by atoms with Crippen molar-refractivity contribution in [3.63, 3.8) is 0 Å². The summed E-state index contributed by atoms with van der Waals surface area (Å²) < 4.78 is 17.1. The van der Waals surface area contributed by atoms with Crippen molar-refractivity contribution in [3.8, 4) is 11.5 Å². The van der Waals surface area contributed by atoms with Crippen LogP contribution in [0.2, 0.25) is 0 Å². The van der Waals surface area contributed by atoms with Crippen molar-refractivity contribution in [2.24, 2.45) is 5.73 Å². The summed E-state index contributed by atoms with van der Waals surface area (Å²) in [5, 5.41) is 0. The first-order valence-corrected chi connectivity index (χ1v) is 7.31. The fourth-order valence-electron chi connectivity index (χ4n) is 2.44. The van der Waals surface area contributed by atoms with Gasteiger partial charge in [0.1, 0.15) is 23.7 Å². The molecule has 4 nitrogen and oxygen atoms in total. The molecule has 1 aromatic rings. The van der Waals surface area contributed by atoms with Gasteiger partial charge in [-0.3, -0.25) is 0 Å². The molecule has 2 rings (SSSR count). The first-order valence-electron chi connectivity index (χ1n) is 7.31. The van der Waals surface area contributed by atoms with E-state index in [0.717, 1.165) is 36.5 Å². The third-order valence-corrected chi connectivity index (χ3v) is 3.33. The van der Waals surface area contributed by atoms with E-state index in [2.05, 4.69) is 20.8 Å². The molecule has 20 heavy (non-hydrogen) atoms. The summed E-state index contributed by atoms with van der Waals surface area (Å²) in [6, 6.07) is 5.89. The van der Waals surface area contributed by atoms with E-state index in [1.807, 2.05) is 18.2 Å². The fourth-order valence-corrected chi connectivity index (χ4v) is 2.44. The van der Waals surface area contributed by atoms with Gasteiger partial charge in [-0.25, -0.2) is 0 Å². The van der Waals surface area contributed by atoms with Crippen LogP contribution in [0.1, 0.15) is 45.2 Å². The molecule has 0 aliphatic carbocycles. The Labute approximate surface area is 121 Å². The molecule has 1 aliphatic heterocycles. The second-order valence-electron chi connectivity index (χ2n) is 5.83. The molecule has 1 aromatic carbocycles. The lowest BCUT2D eigenvalue weighted by molar-refractivity contribution is 0.0717. The van der Waals surface area contributed by atoms with E-state index in [4.69, 9.17) is 19.9 Å². The van der Waals surface area contributed by atoms with Crippen LogP contribution in [0.15, 0.2) is 18.2 Å². The van der Waals surface area contributed by atoms with E-state index in [1.165, 1.54) is 0 Å². The van der Waals surface area contributed by atoms with E-state index in [9.17, 15) is 0 Å². The predicted octanol–water partition coefficient (Wildman–Crippen LogP) is 3.05. The molecule has 0 spiro atoms. The SMILES string of the molecule is CCCOCCOc1ccc2c(c1)OC(C)(C)CC2N. The number of hydrogen-bond donors (Lipinski definition) is 1. The van der Waals surface area contributed by atoms with Gasteiger partial charge in [0.2, 0.25) is 0 Å². The van der Waals surface area contributed by atoms with Crippen LogP contribution in [0.3, 0.4) is 0 Å². The summed E-state index contributed by atoms with van der Waals surface area (Å²) in [6.45, 7) is 8.14. The van der Waals surface area contributed by atoms with Gasteiger partial charge in [0, 0.05) is 30.7 Å². The number of ether oxygens (including phenoxy) is 3. The second-order valence-corrected chi connectivity index (χ2v) is 5.83. The zero-order valence-corrected chi connectivity index (χ0v) is 12.6. The van der Waals surface area contributed by atoms with Gasteiger partial charge in [-0.05, 0) is 26.3 Å². The average molecular weight is 279 g/mol. The molecule has 1 heterocycles. The predicted molar refractivity (Wildman–Crippen MR) is 79.3 cm³/mol. The van der Waals surface area contributed by atoms with Gasteiger partial charge >= 0.3 is 0 Å². The van der Waals surface area contributed by atoms with Gasteiger partial charge in [-0.1, -0.05) is 13.0 Å². The van der Waals surface area contributed by atoms with Crippen molar-refractivity contribution in [3.05, 3.63) is 23.8 Å². The van der Waals surface area contributed by atoms with Gasteiger partial charge in [-0.2, -0.15) is 0 Å². The molecule has 4 heteroatoms. The molecular formula is C16H25NO3. The third kappa shape index (κ3) is 3.87. The minimum atomic E-state index is -0.227. The topological polar surface area (TPSA) is 53.7 Å². The third-order valence-electron chi connectivity index (χ3n) is 3.33. The largest absolute Gasteiger partial charge is 0.491 e. The monoisotopic (exact) mass is 279 g/mol. The van der Waals surface area contributed by atoms with Crippen molar-refractivity contribution in [1.82, 2.24) is 0 Å². The second kappa shape index (κ2) is 6.46. The van der Waals surface area contributed by atoms with Gasteiger partial charge < -0.3 is 19.9 Å². The number of hydrogen-bond acceptors (Lipinski definition) is 4. The maximum Gasteiger partial charge on any atom is 0.128 e. The summed E-state index contributed by atoms with van der Waals surface area (Å²) in [5.41, 5.74) is 7.01. The molecule has 0 saturated heterocycles. The zero-order valence-electron chi connectivity index (χ0n) is 12.6. The molecule has 0 saturated carbocycles. The average Bonchev–Trinajstić information content (AvgIpc) is 2.36. The van der Waals surface area contributed by atoms with E-state index in [1.54, 1.807) is 0 Å². The number of benzene rings is 1. The summed E-state index contributed by atoms with van der Waals surface area (Å²) in [4.78, 5) is 0. The number of nitrogens with two attached hydrogens (primary N) is 1. The van der Waals surface area contributed by atoms with Crippen molar-refractivity contribution in [2.75, 3.05) is 19.8 Å². The van der Waals surface area contributed by atoms with Crippen LogP contribution in [0.4, 0.5) is 0 Å². The molecule has 0 fully saturated rings. The molecule has 2 N–H and O–H groups in total. The van der Waals surface area contributed by atoms with Crippen LogP contribution >= 0.6 is 0 Å². The maximum absolute atomic E-state index is 6.19. The molecule has 1 atom stereocenters. The maximum atomic E-state index is 6.19. The molecule has 112 valence electrons. The first-order chi connectivity index (χ1) is 9.52. The highest BCUT2D eigenvalue weighted by atomic mass is 16.5. The van der Waals surface area contributed by atoms with E-state index in [-0.39, 0.29) is 11.6 Å². The Hall–Kier alpha value is -1.26. The van der Waals surface area contributed by atoms with Crippen molar-refractivity contribution >= 4 is 0 Å². The lowest BCUT2D eigenvalue weighted by atomic mass is 9.90. The summed E-state index contributed by atoms with van der Waals surface area (Å²) in [6.07, 6.45) is 1.85. The fraction of sp³-hybridized carbons (Fsp3) is 0.625. The molecular weight excluding hydrogens is 254 g/mol. The van der Waals surface area contributed by atoms with Gasteiger partial charge in [0.05, 0.1) is 6.61 Å². The summed E-state index contributed by atoms with van der Waals surface area (Å²) in [7, 11) is 0. The molecule has 0 amide bonds. The van der Waals surface area contributed by atoms with Gasteiger partial charge in [-0.15, -0.1) is 0 Å². The standard InChI is InChI=1S/C16H25NO3/c1-4-7-18-8-9-19-12-5-6-13-14(17)11-16(2,3)20-15(13)10-12/h5-6,10,14H,4,7-9,11,17H2,1-3H3. The van der Waals surface area contributed by atoms with Crippen LogP contribution in [0.25, 0.3) is 0 Å². The van der Waals surface area contributed by atoms with Crippen LogP contribution in [0, 0.1) is 0 Å². The Morgan fingerprint density at radius 1 is 1.30 bits per heavy atom. The van der Waals surface area contributed by atoms with Gasteiger partial charge in [0.15, 0.2) is 0 Å². The molecule has 0 radical (unpaired) electrons. The number of rotatable bonds is 6. The quantitative estimate of drug-likeness (QED) is 0.813. The highest BCUT2D eigenvalue weighted by Crippen LogP contribution is 2.39. The highest BCUT2D eigenvalue weighted by Gasteiger charge is 2.31. The van der Waals surface area contributed by atoms with Crippen LogP contribution in [-0.4, -0.2) is 25.4 Å². The number of fused-ring (bicyclic) bond motifs is 1. The Balaban J connectivity index is 1.97. The summed E-state index contributed by atoms with van der Waals surface area (Å²) >= 11 is 0. The van der Waals surface area contributed by atoms with E-state index < -0.39 is 0 Å². The Kier molecular flexibility index (Phi) is 4.89. The lowest BCUT2D eigenvalue weighted by Crippen LogP contribution is -2.37. The first kappa shape index (κ1) is 15.1. The van der Waals surface area contributed by atoms with E-state index >= 15 is 0 Å². The lowest BCUT2D eigenvalue weighted by Gasteiger charge is -2.36. The van der Waals surface area contributed by atoms with Crippen molar-refractivity contribution in [1.29, 1.82) is 0 Å². The summed E-state index contributed by atoms with van der Waals surface area (Å²) in [5.74, 6) is 1.63. The van der Waals surface area contributed by atoms with Crippen LogP contribution in [-0.2, 0) is 4.74 Å². The molecule has 1 aliphatic rings. The van der Waals surface area contributed by atoms with E-state index in [0.29, 0.717) is 13.2 Å². The Morgan fingerprint density at radius 3 is 2.85 bits per heavy atom. The molecule has 0 bridgehead atoms. The minimum Gasteiger partial charge on any atom is -0.491 e. The smallest absolute Gasteiger partial charge is 0.128 e. The van der Waals surface area contributed by atoms with Crippen LogP contribution < -0.4 is 15.2 Å². The Morgan fingerprint density at radius 2 is 2.10 bits per heavy atom. The van der Waals surface area contributed by atoms with Crippen LogP contribution in [0.5, 0.6) is 11.5 Å². The minimum absolute atomic E-state index is 0.0238. The van der Waals surface area contributed by atoms with Crippen molar-refractivity contribution in [2.45, 2.75) is 45.3 Å². The molecule has 0 aromatic heterocycles.